The Morgan fingerprint density at radius 3 is 2.42 bits per heavy atom. The number of halogens is 1. The maximum absolute atomic E-state index is 12.6. The molecule has 1 aliphatic rings. The lowest BCUT2D eigenvalue weighted by molar-refractivity contribution is -0.892. The summed E-state index contributed by atoms with van der Waals surface area (Å²) in [6.07, 6.45) is 0. The van der Waals surface area contributed by atoms with E-state index in [4.69, 9.17) is 11.6 Å². The number of benzene rings is 2. The van der Waals surface area contributed by atoms with Gasteiger partial charge in [0, 0.05) is 24.3 Å². The first-order chi connectivity index (χ1) is 12.5. The van der Waals surface area contributed by atoms with E-state index in [1.807, 2.05) is 36.2 Å². The molecule has 0 radical (unpaired) electrons. The third-order valence-electron chi connectivity index (χ3n) is 5.09. The Hall–Kier alpha value is -2.04. The maximum atomic E-state index is 12.6. The molecule has 0 aliphatic carbocycles. The molecule has 0 aromatic heterocycles. The van der Waals surface area contributed by atoms with Gasteiger partial charge in [0.2, 0.25) is 0 Å². The second kappa shape index (κ2) is 8.56. The number of piperazine rings is 1. The number of rotatable bonds is 5. The highest BCUT2D eigenvalue weighted by Crippen LogP contribution is 2.18. The highest BCUT2D eigenvalue weighted by atomic mass is 35.5. The van der Waals surface area contributed by atoms with Gasteiger partial charge in [0.25, 0.3) is 5.91 Å². The molecule has 1 fully saturated rings. The Morgan fingerprint density at radius 1 is 1.12 bits per heavy atom. The van der Waals surface area contributed by atoms with Crippen molar-refractivity contribution in [2.45, 2.75) is 13.5 Å². The summed E-state index contributed by atoms with van der Waals surface area (Å²) in [5.41, 5.74) is 3.73. The van der Waals surface area contributed by atoms with Gasteiger partial charge in [0.15, 0.2) is 6.54 Å². The number of hydrogen-bond donors (Lipinski definition) is 1. The van der Waals surface area contributed by atoms with E-state index in [-0.39, 0.29) is 5.91 Å². The number of carbonyl (C=O) groups is 1. The van der Waals surface area contributed by atoms with E-state index in [1.54, 1.807) is 0 Å². The molecule has 0 saturated carbocycles. The molecule has 1 amide bonds. The van der Waals surface area contributed by atoms with E-state index in [2.05, 4.69) is 36.1 Å². The first-order valence-electron chi connectivity index (χ1n) is 9.15. The summed E-state index contributed by atoms with van der Waals surface area (Å²) >= 11 is 5.92. The molecule has 2 aromatic carbocycles. The topological polar surface area (TPSA) is 28.0 Å². The fourth-order valence-corrected chi connectivity index (χ4v) is 3.59. The van der Waals surface area contributed by atoms with Gasteiger partial charge in [0.1, 0.15) is 0 Å². The summed E-state index contributed by atoms with van der Waals surface area (Å²) in [5.74, 6) is 0.194. The summed E-state index contributed by atoms with van der Waals surface area (Å²) in [7, 11) is 1.87. The lowest BCUT2D eigenvalue weighted by Crippen LogP contribution is -3.15. The van der Waals surface area contributed by atoms with Crippen molar-refractivity contribution in [1.29, 1.82) is 0 Å². The summed E-state index contributed by atoms with van der Waals surface area (Å²) in [5, 5.41) is 0.721. The van der Waals surface area contributed by atoms with Crippen molar-refractivity contribution in [2.75, 3.05) is 44.7 Å². The molecule has 4 nitrogen and oxygen atoms in total. The van der Waals surface area contributed by atoms with Gasteiger partial charge in [-0.1, -0.05) is 41.9 Å². The largest absolute Gasteiger partial charge is 0.360 e. The van der Waals surface area contributed by atoms with Gasteiger partial charge < -0.3 is 14.7 Å². The normalized spacial score (nSPS) is 15.1. The molecule has 1 aliphatic heterocycles. The van der Waals surface area contributed by atoms with Crippen molar-refractivity contribution in [3.05, 3.63) is 64.7 Å². The van der Waals surface area contributed by atoms with Crippen LogP contribution in [0.15, 0.2) is 48.5 Å². The van der Waals surface area contributed by atoms with Gasteiger partial charge in [-0.2, -0.15) is 0 Å². The van der Waals surface area contributed by atoms with E-state index in [9.17, 15) is 4.79 Å². The lowest BCUT2D eigenvalue weighted by atomic mass is 10.1. The lowest BCUT2D eigenvalue weighted by Gasteiger charge is -2.34. The number of hydrogen-bond acceptors (Lipinski definition) is 2. The van der Waals surface area contributed by atoms with Gasteiger partial charge in [-0.15, -0.1) is 0 Å². The van der Waals surface area contributed by atoms with E-state index in [0.717, 1.165) is 36.8 Å². The number of nitrogens with one attached hydrogen (secondary N) is 1. The number of aryl methyl sites for hydroxylation is 1. The molecule has 0 bridgehead atoms. The fraction of sp³-hybridized carbons (Fsp3) is 0.381. The second-order valence-electron chi connectivity index (χ2n) is 7.08. The molecule has 5 heteroatoms. The molecule has 138 valence electrons. The van der Waals surface area contributed by atoms with Crippen LogP contribution in [0.1, 0.15) is 11.1 Å². The monoisotopic (exact) mass is 372 g/mol. The zero-order valence-corrected chi connectivity index (χ0v) is 16.3. The van der Waals surface area contributed by atoms with Crippen LogP contribution in [-0.4, -0.2) is 50.6 Å². The highest BCUT2D eigenvalue weighted by Gasteiger charge is 2.24. The first-order valence-corrected chi connectivity index (χ1v) is 9.53. The van der Waals surface area contributed by atoms with Crippen LogP contribution in [0.3, 0.4) is 0 Å². The van der Waals surface area contributed by atoms with E-state index in [0.29, 0.717) is 13.1 Å². The Morgan fingerprint density at radius 2 is 1.77 bits per heavy atom. The predicted molar refractivity (Wildman–Crippen MR) is 107 cm³/mol. The third-order valence-corrected chi connectivity index (χ3v) is 5.34. The summed E-state index contributed by atoms with van der Waals surface area (Å²) in [4.78, 5) is 18.2. The average molecular weight is 373 g/mol. The minimum absolute atomic E-state index is 0.194. The molecular formula is C21H27ClN3O+. The summed E-state index contributed by atoms with van der Waals surface area (Å²) in [6.45, 7) is 7.32. The van der Waals surface area contributed by atoms with Crippen molar-refractivity contribution >= 4 is 23.2 Å². The van der Waals surface area contributed by atoms with Gasteiger partial charge >= 0.3 is 0 Å². The Labute approximate surface area is 161 Å². The minimum atomic E-state index is 0.194. The predicted octanol–water partition coefficient (Wildman–Crippen LogP) is 2.01. The number of carbonyl (C=O) groups excluding carboxylic acids is 1. The molecule has 0 spiro atoms. The fourth-order valence-electron chi connectivity index (χ4n) is 3.46. The quantitative estimate of drug-likeness (QED) is 0.869. The van der Waals surface area contributed by atoms with Crippen LogP contribution in [0.4, 0.5) is 5.69 Å². The van der Waals surface area contributed by atoms with Crippen molar-refractivity contribution in [2.24, 2.45) is 0 Å². The Bertz CT molecular complexity index is 739. The van der Waals surface area contributed by atoms with Crippen molar-refractivity contribution in [3.63, 3.8) is 0 Å². The molecule has 1 heterocycles. The van der Waals surface area contributed by atoms with Gasteiger partial charge in [-0.25, -0.2) is 0 Å². The van der Waals surface area contributed by atoms with Gasteiger partial charge in [0.05, 0.1) is 26.2 Å². The summed E-state index contributed by atoms with van der Waals surface area (Å²) in [6, 6.07) is 16.2. The van der Waals surface area contributed by atoms with Crippen molar-refractivity contribution in [3.8, 4) is 0 Å². The van der Waals surface area contributed by atoms with Crippen LogP contribution in [0.25, 0.3) is 0 Å². The standard InChI is InChI=1S/C21H26ClN3O/c1-17-5-3-4-6-20(17)25-13-11-24(12-14-25)16-21(26)23(2)15-18-7-9-19(22)10-8-18/h3-10H,11-16H2,1-2H3/p+1. The van der Waals surface area contributed by atoms with Crippen molar-refractivity contribution in [1.82, 2.24) is 4.90 Å². The van der Waals surface area contributed by atoms with E-state index < -0.39 is 0 Å². The molecule has 26 heavy (non-hydrogen) atoms. The molecular weight excluding hydrogens is 346 g/mol. The zero-order chi connectivity index (χ0) is 18.5. The van der Waals surface area contributed by atoms with Crippen molar-refractivity contribution < 1.29 is 9.69 Å². The number of para-hydroxylation sites is 1. The van der Waals surface area contributed by atoms with E-state index in [1.165, 1.54) is 16.2 Å². The average Bonchev–Trinajstić information content (AvgIpc) is 2.65. The first kappa shape index (κ1) is 18.7. The van der Waals surface area contributed by atoms with Crippen LogP contribution in [0.2, 0.25) is 5.02 Å². The molecule has 1 N–H and O–H groups in total. The smallest absolute Gasteiger partial charge is 0.277 e. The third kappa shape index (κ3) is 4.77. The molecule has 2 aromatic rings. The molecule has 0 unspecified atom stereocenters. The molecule has 3 rings (SSSR count). The van der Waals surface area contributed by atoms with Crippen LogP contribution in [0.5, 0.6) is 0 Å². The summed E-state index contributed by atoms with van der Waals surface area (Å²) < 4.78 is 0. The zero-order valence-electron chi connectivity index (χ0n) is 15.5. The van der Waals surface area contributed by atoms with Crippen LogP contribution in [-0.2, 0) is 11.3 Å². The molecule has 0 atom stereocenters. The number of likely N-dealkylation sites (N-methyl/N-ethyl adjacent to an activating group) is 1. The number of anilines is 1. The number of amides is 1. The second-order valence-corrected chi connectivity index (χ2v) is 7.51. The maximum Gasteiger partial charge on any atom is 0.277 e. The molecule has 1 saturated heterocycles. The van der Waals surface area contributed by atoms with Gasteiger partial charge in [-0.05, 0) is 36.2 Å². The minimum Gasteiger partial charge on any atom is -0.360 e. The number of quaternary nitrogens is 1. The van der Waals surface area contributed by atoms with Gasteiger partial charge in [-0.3, -0.25) is 4.79 Å². The van der Waals surface area contributed by atoms with Crippen LogP contribution >= 0.6 is 11.6 Å². The SMILES string of the molecule is Cc1ccccc1N1CC[NH+](CC(=O)N(C)Cc2ccc(Cl)cc2)CC1. The Balaban J connectivity index is 1.48. The highest BCUT2D eigenvalue weighted by molar-refractivity contribution is 6.30. The van der Waals surface area contributed by atoms with E-state index >= 15 is 0 Å². The van der Waals surface area contributed by atoms with Crippen LogP contribution in [0, 0.1) is 6.92 Å². The number of nitrogens with zero attached hydrogens (tertiary/aromatic N) is 2. The Kier molecular flexibility index (Phi) is 6.17. The van der Waals surface area contributed by atoms with Crippen LogP contribution < -0.4 is 9.80 Å².